The minimum atomic E-state index is -0.615. The number of fused-ring (bicyclic) bond motifs is 1. The van der Waals surface area contributed by atoms with Crippen LogP contribution in [0, 0.1) is 17.6 Å². The van der Waals surface area contributed by atoms with E-state index in [1.807, 2.05) is 60.7 Å². The number of benzene rings is 3. The first kappa shape index (κ1) is 19.2. The molecule has 31 heavy (non-hydrogen) atoms. The average molecular weight is 416 g/mol. The van der Waals surface area contributed by atoms with E-state index in [2.05, 4.69) is 9.97 Å². The summed E-state index contributed by atoms with van der Waals surface area (Å²) in [4.78, 5) is 20.4. The summed E-state index contributed by atoms with van der Waals surface area (Å²) in [5, 5.41) is 0. The first-order chi connectivity index (χ1) is 15.1. The summed E-state index contributed by atoms with van der Waals surface area (Å²) >= 11 is 0. The molecule has 1 aromatic heterocycles. The number of imidazole rings is 1. The van der Waals surface area contributed by atoms with E-state index < -0.39 is 17.6 Å². The van der Waals surface area contributed by atoms with E-state index in [-0.39, 0.29) is 29.2 Å². The Morgan fingerprint density at radius 3 is 2.39 bits per heavy atom. The van der Waals surface area contributed by atoms with Gasteiger partial charge >= 0.3 is 5.97 Å². The fraction of sp³-hybridized carbons (Fsp3) is 0.120. The van der Waals surface area contributed by atoms with Crippen molar-refractivity contribution >= 4 is 5.97 Å². The SMILES string of the molecule is O=C1Oc2[nH]c(-c3cc(F)ccc3F)nc2C(c2ccccc2)C1Cc1ccccc1. The molecule has 0 radical (unpaired) electrons. The van der Waals surface area contributed by atoms with Crippen molar-refractivity contribution in [1.29, 1.82) is 0 Å². The average Bonchev–Trinajstić information content (AvgIpc) is 3.20. The summed E-state index contributed by atoms with van der Waals surface area (Å²) < 4.78 is 33.6. The van der Waals surface area contributed by atoms with E-state index in [9.17, 15) is 13.6 Å². The zero-order valence-electron chi connectivity index (χ0n) is 16.4. The van der Waals surface area contributed by atoms with E-state index >= 15 is 0 Å². The summed E-state index contributed by atoms with van der Waals surface area (Å²) in [6, 6.07) is 22.4. The molecule has 2 atom stereocenters. The van der Waals surface area contributed by atoms with Crippen molar-refractivity contribution in [3.05, 3.63) is 107 Å². The minimum absolute atomic E-state index is 0.0168. The summed E-state index contributed by atoms with van der Waals surface area (Å²) in [7, 11) is 0. The van der Waals surface area contributed by atoms with E-state index in [0.29, 0.717) is 12.1 Å². The van der Waals surface area contributed by atoms with E-state index in [4.69, 9.17) is 4.74 Å². The second-order valence-corrected chi connectivity index (χ2v) is 7.53. The van der Waals surface area contributed by atoms with Gasteiger partial charge in [0, 0.05) is 5.92 Å². The molecule has 0 saturated carbocycles. The van der Waals surface area contributed by atoms with Gasteiger partial charge in [-0.15, -0.1) is 0 Å². The highest BCUT2D eigenvalue weighted by Crippen LogP contribution is 2.43. The number of ether oxygens (including phenoxy) is 1. The molecule has 4 aromatic rings. The van der Waals surface area contributed by atoms with Crippen molar-refractivity contribution in [3.8, 4) is 17.3 Å². The number of H-pyrrole nitrogens is 1. The van der Waals surface area contributed by atoms with Crippen LogP contribution < -0.4 is 4.74 Å². The highest BCUT2D eigenvalue weighted by atomic mass is 19.1. The molecular weight excluding hydrogens is 398 g/mol. The molecule has 3 aromatic carbocycles. The zero-order valence-corrected chi connectivity index (χ0v) is 16.4. The molecule has 6 heteroatoms. The fourth-order valence-electron chi connectivity index (χ4n) is 4.09. The first-order valence-corrected chi connectivity index (χ1v) is 9.96. The van der Waals surface area contributed by atoms with Gasteiger partial charge in [0.05, 0.1) is 11.5 Å². The van der Waals surface area contributed by atoms with Gasteiger partial charge in [0.1, 0.15) is 23.2 Å². The lowest BCUT2D eigenvalue weighted by molar-refractivity contribution is -0.141. The molecule has 0 bridgehead atoms. The number of carbonyl (C=O) groups is 1. The molecule has 0 spiro atoms. The standard InChI is InChI=1S/C25H18F2N2O2/c26-17-11-12-20(27)18(14-17)23-28-22-21(16-9-5-2-6-10-16)19(25(30)31-24(22)29-23)13-15-7-3-1-4-8-15/h1-12,14,19,21H,13H2,(H,28,29). The molecule has 1 aliphatic heterocycles. The molecule has 5 rings (SSSR count). The van der Waals surface area contributed by atoms with Crippen molar-refractivity contribution in [2.45, 2.75) is 12.3 Å². The maximum Gasteiger partial charge on any atom is 0.317 e. The van der Waals surface area contributed by atoms with Crippen LogP contribution in [0.2, 0.25) is 0 Å². The topological polar surface area (TPSA) is 55.0 Å². The predicted octanol–water partition coefficient (Wildman–Crippen LogP) is 5.26. The number of halogens is 2. The summed E-state index contributed by atoms with van der Waals surface area (Å²) in [6.45, 7) is 0. The molecule has 1 aliphatic rings. The van der Waals surface area contributed by atoms with Gasteiger partial charge in [0.15, 0.2) is 0 Å². The number of aromatic nitrogens is 2. The van der Waals surface area contributed by atoms with Crippen LogP contribution >= 0.6 is 0 Å². The quantitative estimate of drug-likeness (QED) is 0.462. The highest BCUT2D eigenvalue weighted by molar-refractivity contribution is 5.80. The summed E-state index contributed by atoms with van der Waals surface area (Å²) in [6.07, 6.45) is 0.467. The number of hydrogen-bond acceptors (Lipinski definition) is 3. The molecule has 154 valence electrons. The summed E-state index contributed by atoms with van der Waals surface area (Å²) in [5.41, 5.74) is 2.39. The first-order valence-electron chi connectivity index (χ1n) is 9.96. The van der Waals surface area contributed by atoms with Crippen LogP contribution in [0.15, 0.2) is 78.9 Å². The molecule has 4 nitrogen and oxygen atoms in total. The molecule has 0 fully saturated rings. The van der Waals surface area contributed by atoms with Crippen LogP contribution in [0.25, 0.3) is 11.4 Å². The van der Waals surface area contributed by atoms with Crippen molar-refractivity contribution < 1.29 is 18.3 Å². The van der Waals surface area contributed by atoms with Crippen LogP contribution in [0.3, 0.4) is 0 Å². The molecular formula is C25H18F2N2O2. The maximum atomic E-state index is 14.3. The van der Waals surface area contributed by atoms with Crippen LogP contribution in [-0.4, -0.2) is 15.9 Å². The van der Waals surface area contributed by atoms with Crippen LogP contribution in [0.5, 0.6) is 5.88 Å². The third-order valence-corrected chi connectivity index (χ3v) is 5.54. The van der Waals surface area contributed by atoms with Crippen molar-refractivity contribution in [2.24, 2.45) is 5.92 Å². The van der Waals surface area contributed by atoms with E-state index in [0.717, 1.165) is 29.3 Å². The van der Waals surface area contributed by atoms with Gasteiger partial charge in [-0.25, -0.2) is 13.8 Å². The molecule has 2 heterocycles. The largest absolute Gasteiger partial charge is 0.407 e. The molecule has 0 saturated heterocycles. The Bertz CT molecular complexity index is 1240. The van der Waals surface area contributed by atoms with Crippen LogP contribution in [0.4, 0.5) is 8.78 Å². The zero-order chi connectivity index (χ0) is 21.4. The van der Waals surface area contributed by atoms with Crippen molar-refractivity contribution in [1.82, 2.24) is 9.97 Å². The Kier molecular flexibility index (Phi) is 4.82. The van der Waals surface area contributed by atoms with Gasteiger partial charge in [-0.3, -0.25) is 4.79 Å². The number of nitrogens with zero attached hydrogens (tertiary/aromatic N) is 1. The number of rotatable bonds is 4. The Labute approximate surface area is 177 Å². The molecule has 2 unspecified atom stereocenters. The smallest absolute Gasteiger partial charge is 0.317 e. The van der Waals surface area contributed by atoms with Gasteiger partial charge in [-0.2, -0.15) is 0 Å². The van der Waals surface area contributed by atoms with Gasteiger partial charge in [0.25, 0.3) is 0 Å². The second kappa shape index (κ2) is 7.80. The maximum absolute atomic E-state index is 14.3. The monoisotopic (exact) mass is 416 g/mol. The van der Waals surface area contributed by atoms with Gasteiger partial charge in [-0.1, -0.05) is 60.7 Å². The van der Waals surface area contributed by atoms with Crippen molar-refractivity contribution in [2.75, 3.05) is 0 Å². The molecule has 1 N–H and O–H groups in total. The lowest BCUT2D eigenvalue weighted by Crippen LogP contribution is -2.34. The summed E-state index contributed by atoms with van der Waals surface area (Å²) in [5.74, 6) is -2.19. The molecule has 0 amide bonds. The van der Waals surface area contributed by atoms with Gasteiger partial charge < -0.3 is 9.72 Å². The van der Waals surface area contributed by atoms with E-state index in [1.165, 1.54) is 0 Å². The molecule has 0 aliphatic carbocycles. The lowest BCUT2D eigenvalue weighted by atomic mass is 9.79. The number of hydrogen-bond donors (Lipinski definition) is 1. The van der Waals surface area contributed by atoms with Crippen LogP contribution in [0.1, 0.15) is 22.7 Å². The number of nitrogens with one attached hydrogen (secondary N) is 1. The van der Waals surface area contributed by atoms with Gasteiger partial charge in [-0.05, 0) is 35.7 Å². The lowest BCUT2D eigenvalue weighted by Gasteiger charge is -2.29. The number of aromatic amines is 1. The minimum Gasteiger partial charge on any atom is -0.407 e. The van der Waals surface area contributed by atoms with E-state index in [1.54, 1.807) is 0 Å². The Balaban J connectivity index is 1.63. The fourth-order valence-corrected chi connectivity index (χ4v) is 4.09. The normalized spacial score (nSPS) is 17.8. The Morgan fingerprint density at radius 1 is 0.935 bits per heavy atom. The number of carbonyl (C=O) groups excluding carboxylic acids is 1. The Hall–Kier alpha value is -3.80. The number of esters is 1. The Morgan fingerprint density at radius 2 is 1.65 bits per heavy atom. The third kappa shape index (κ3) is 3.61. The predicted molar refractivity (Wildman–Crippen MR) is 111 cm³/mol. The van der Waals surface area contributed by atoms with Crippen LogP contribution in [-0.2, 0) is 11.2 Å². The van der Waals surface area contributed by atoms with Crippen molar-refractivity contribution in [3.63, 3.8) is 0 Å². The second-order valence-electron chi connectivity index (χ2n) is 7.53. The highest BCUT2D eigenvalue weighted by Gasteiger charge is 2.41. The van der Waals surface area contributed by atoms with Gasteiger partial charge in [0.2, 0.25) is 5.88 Å². The third-order valence-electron chi connectivity index (χ3n) is 5.54.